The molecule has 0 unspecified atom stereocenters. The molecule has 0 bridgehead atoms. The molecule has 1 heterocycles. The van der Waals surface area contributed by atoms with Crippen molar-refractivity contribution in [3.63, 3.8) is 0 Å². The first-order valence-corrected chi connectivity index (χ1v) is 6.93. The maximum atomic E-state index is 12.0. The lowest BCUT2D eigenvalue weighted by Gasteiger charge is -2.20. The molecule has 1 aliphatic rings. The Morgan fingerprint density at radius 2 is 1.76 bits per heavy atom. The first-order valence-electron chi connectivity index (χ1n) is 6.93. The molecule has 0 radical (unpaired) electrons. The summed E-state index contributed by atoms with van der Waals surface area (Å²) in [4.78, 5) is 24.8. The standard InChI is InChI=1S/C14H21N5O2/c1-19(2)14(21)18-8-7-17-13(20)10-3-4-11-12(9-10)16-6-5-15-11/h3-4,9,15-16H,5-8H2,1-2H3,(H,17,20)(H,18,21). The Balaban J connectivity index is 1.82. The van der Waals surface area contributed by atoms with E-state index in [0.29, 0.717) is 18.7 Å². The van der Waals surface area contributed by atoms with Gasteiger partial charge in [0, 0.05) is 45.8 Å². The highest BCUT2D eigenvalue weighted by atomic mass is 16.2. The SMILES string of the molecule is CN(C)C(=O)NCCNC(=O)c1ccc2c(c1)NCCN2. The van der Waals surface area contributed by atoms with Gasteiger partial charge in [0.25, 0.3) is 5.91 Å². The summed E-state index contributed by atoms with van der Waals surface area (Å²) in [6, 6.07) is 5.33. The van der Waals surface area contributed by atoms with Crippen molar-refractivity contribution in [3.8, 4) is 0 Å². The van der Waals surface area contributed by atoms with Gasteiger partial charge in [0.2, 0.25) is 0 Å². The molecular weight excluding hydrogens is 270 g/mol. The van der Waals surface area contributed by atoms with Gasteiger partial charge in [0.15, 0.2) is 0 Å². The summed E-state index contributed by atoms with van der Waals surface area (Å²) < 4.78 is 0. The average Bonchev–Trinajstić information content (AvgIpc) is 2.50. The number of nitrogens with one attached hydrogen (secondary N) is 4. The zero-order valence-corrected chi connectivity index (χ0v) is 12.3. The number of benzene rings is 1. The molecule has 3 amide bonds. The van der Waals surface area contributed by atoms with E-state index >= 15 is 0 Å². The Hall–Kier alpha value is -2.44. The van der Waals surface area contributed by atoms with E-state index in [2.05, 4.69) is 21.3 Å². The van der Waals surface area contributed by atoms with Crippen molar-refractivity contribution in [2.45, 2.75) is 0 Å². The predicted octanol–water partition coefficient (Wildman–Crippen LogP) is 0.525. The van der Waals surface area contributed by atoms with Crippen LogP contribution in [0.15, 0.2) is 18.2 Å². The third-order valence-electron chi connectivity index (χ3n) is 3.13. The molecule has 1 aromatic carbocycles. The predicted molar refractivity (Wildman–Crippen MR) is 82.8 cm³/mol. The van der Waals surface area contributed by atoms with Crippen LogP contribution in [0.4, 0.5) is 16.2 Å². The van der Waals surface area contributed by atoms with Crippen molar-refractivity contribution in [2.24, 2.45) is 0 Å². The topological polar surface area (TPSA) is 85.5 Å². The van der Waals surface area contributed by atoms with Crippen molar-refractivity contribution >= 4 is 23.3 Å². The molecule has 0 spiro atoms. The number of hydrogen-bond donors (Lipinski definition) is 4. The minimum Gasteiger partial charge on any atom is -0.382 e. The van der Waals surface area contributed by atoms with E-state index in [9.17, 15) is 9.59 Å². The van der Waals surface area contributed by atoms with Gasteiger partial charge in [0.1, 0.15) is 0 Å². The first-order chi connectivity index (χ1) is 10.1. The maximum absolute atomic E-state index is 12.0. The Kier molecular flexibility index (Phi) is 4.86. The fraction of sp³-hybridized carbons (Fsp3) is 0.429. The minimum atomic E-state index is -0.173. The monoisotopic (exact) mass is 291 g/mol. The molecule has 7 heteroatoms. The molecule has 4 N–H and O–H groups in total. The fourth-order valence-electron chi connectivity index (χ4n) is 1.99. The Morgan fingerprint density at radius 3 is 2.48 bits per heavy atom. The van der Waals surface area contributed by atoms with Crippen LogP contribution in [0, 0.1) is 0 Å². The highest BCUT2D eigenvalue weighted by molar-refractivity contribution is 5.96. The zero-order valence-electron chi connectivity index (χ0n) is 12.3. The molecule has 0 saturated carbocycles. The second-order valence-corrected chi connectivity index (χ2v) is 5.00. The molecular formula is C14H21N5O2. The summed E-state index contributed by atoms with van der Waals surface area (Å²) >= 11 is 0. The van der Waals surface area contributed by atoms with Crippen LogP contribution in [0.25, 0.3) is 0 Å². The largest absolute Gasteiger partial charge is 0.382 e. The van der Waals surface area contributed by atoms with Gasteiger partial charge in [-0.25, -0.2) is 4.79 Å². The minimum absolute atomic E-state index is 0.149. The number of fused-ring (bicyclic) bond motifs is 1. The van der Waals surface area contributed by atoms with Gasteiger partial charge < -0.3 is 26.2 Å². The van der Waals surface area contributed by atoms with Crippen LogP contribution >= 0.6 is 0 Å². The number of nitrogens with zero attached hydrogens (tertiary/aromatic N) is 1. The van der Waals surface area contributed by atoms with Gasteiger partial charge in [-0.3, -0.25) is 4.79 Å². The van der Waals surface area contributed by atoms with Crippen LogP contribution < -0.4 is 21.3 Å². The molecule has 0 atom stereocenters. The van der Waals surface area contributed by atoms with E-state index in [4.69, 9.17) is 0 Å². The third-order valence-corrected chi connectivity index (χ3v) is 3.13. The van der Waals surface area contributed by atoms with Gasteiger partial charge in [0.05, 0.1) is 11.4 Å². The Bertz CT molecular complexity index is 530. The van der Waals surface area contributed by atoms with Gasteiger partial charge in [-0.2, -0.15) is 0 Å². The van der Waals surface area contributed by atoms with Crippen LogP contribution in [0.5, 0.6) is 0 Å². The normalized spacial score (nSPS) is 12.5. The summed E-state index contributed by atoms with van der Waals surface area (Å²) in [5.74, 6) is -0.149. The molecule has 0 aromatic heterocycles. The number of carbonyl (C=O) groups excluding carboxylic acids is 2. The smallest absolute Gasteiger partial charge is 0.316 e. The molecule has 21 heavy (non-hydrogen) atoms. The van der Waals surface area contributed by atoms with E-state index in [1.807, 2.05) is 12.1 Å². The molecule has 0 aliphatic carbocycles. The van der Waals surface area contributed by atoms with E-state index in [0.717, 1.165) is 24.5 Å². The second-order valence-electron chi connectivity index (χ2n) is 5.00. The quantitative estimate of drug-likeness (QED) is 0.610. The van der Waals surface area contributed by atoms with Crippen molar-refractivity contribution in [2.75, 3.05) is 50.9 Å². The Labute approximate surface area is 124 Å². The zero-order chi connectivity index (χ0) is 15.2. The summed E-state index contributed by atoms with van der Waals surface area (Å²) in [6.07, 6.45) is 0. The first kappa shape index (κ1) is 15.0. The summed E-state index contributed by atoms with van der Waals surface area (Å²) in [6.45, 7) is 2.51. The Morgan fingerprint density at radius 1 is 1.10 bits per heavy atom. The van der Waals surface area contributed by atoms with Gasteiger partial charge in [-0.05, 0) is 18.2 Å². The number of anilines is 2. The number of hydrogen-bond acceptors (Lipinski definition) is 4. The van der Waals surface area contributed by atoms with E-state index in [1.54, 1.807) is 20.2 Å². The highest BCUT2D eigenvalue weighted by Gasteiger charge is 2.11. The second kappa shape index (κ2) is 6.83. The van der Waals surface area contributed by atoms with Crippen molar-refractivity contribution in [1.82, 2.24) is 15.5 Å². The van der Waals surface area contributed by atoms with Crippen LogP contribution in [0.1, 0.15) is 10.4 Å². The molecule has 2 rings (SSSR count). The maximum Gasteiger partial charge on any atom is 0.316 e. The average molecular weight is 291 g/mol. The molecule has 1 aromatic rings. The number of rotatable bonds is 4. The number of carbonyl (C=O) groups is 2. The van der Waals surface area contributed by atoms with Crippen molar-refractivity contribution in [3.05, 3.63) is 23.8 Å². The fourth-order valence-corrected chi connectivity index (χ4v) is 1.99. The van der Waals surface area contributed by atoms with E-state index in [1.165, 1.54) is 4.90 Å². The molecule has 1 aliphatic heterocycles. The van der Waals surface area contributed by atoms with Crippen molar-refractivity contribution in [1.29, 1.82) is 0 Å². The van der Waals surface area contributed by atoms with E-state index in [-0.39, 0.29) is 11.9 Å². The number of amides is 3. The lowest BCUT2D eigenvalue weighted by atomic mass is 10.1. The van der Waals surface area contributed by atoms with Gasteiger partial charge in [-0.15, -0.1) is 0 Å². The van der Waals surface area contributed by atoms with Gasteiger partial charge >= 0.3 is 6.03 Å². The lowest BCUT2D eigenvalue weighted by Crippen LogP contribution is -2.39. The molecule has 114 valence electrons. The van der Waals surface area contributed by atoms with Crippen molar-refractivity contribution < 1.29 is 9.59 Å². The highest BCUT2D eigenvalue weighted by Crippen LogP contribution is 2.25. The summed E-state index contributed by atoms with van der Waals surface area (Å²) in [7, 11) is 3.34. The summed E-state index contributed by atoms with van der Waals surface area (Å²) in [5.41, 5.74) is 2.55. The number of urea groups is 1. The van der Waals surface area contributed by atoms with Crippen LogP contribution in [-0.4, -0.2) is 57.1 Å². The third kappa shape index (κ3) is 4.01. The molecule has 0 fully saturated rings. The van der Waals surface area contributed by atoms with Gasteiger partial charge in [-0.1, -0.05) is 0 Å². The molecule has 0 saturated heterocycles. The van der Waals surface area contributed by atoms with Crippen LogP contribution in [-0.2, 0) is 0 Å². The van der Waals surface area contributed by atoms with E-state index < -0.39 is 0 Å². The molecule has 7 nitrogen and oxygen atoms in total. The lowest BCUT2D eigenvalue weighted by molar-refractivity contribution is 0.0953. The van der Waals surface area contributed by atoms with Crippen LogP contribution in [0.3, 0.4) is 0 Å². The van der Waals surface area contributed by atoms with Crippen LogP contribution in [0.2, 0.25) is 0 Å². The summed E-state index contributed by atoms with van der Waals surface area (Å²) in [5, 5.41) is 12.0.